The Labute approximate surface area is 176 Å². The van der Waals surface area contributed by atoms with Gasteiger partial charge < -0.3 is 29.3 Å². The Kier molecular flexibility index (Phi) is 9.26. The van der Waals surface area contributed by atoms with Gasteiger partial charge in [0.05, 0.1) is 6.26 Å². The van der Waals surface area contributed by atoms with Crippen molar-refractivity contribution in [3.05, 3.63) is 47.9 Å². The van der Waals surface area contributed by atoms with E-state index in [1.807, 2.05) is 24.3 Å². The second-order valence-corrected chi connectivity index (χ2v) is 5.85. The minimum Gasteiger partial charge on any atom is -0.467 e. The molecular weight excluding hydrogens is 461 g/mol. The maximum atomic E-state index is 5.55. The number of ether oxygens (including phenoxy) is 3. The summed E-state index contributed by atoms with van der Waals surface area (Å²) in [6, 6.07) is 9.80. The molecule has 1 aliphatic rings. The lowest BCUT2D eigenvalue weighted by Gasteiger charge is -2.12. The Morgan fingerprint density at radius 2 is 2.00 bits per heavy atom. The topological polar surface area (TPSA) is 77.3 Å². The van der Waals surface area contributed by atoms with Crippen molar-refractivity contribution in [3.63, 3.8) is 0 Å². The van der Waals surface area contributed by atoms with Gasteiger partial charge in [-0.15, -0.1) is 24.0 Å². The van der Waals surface area contributed by atoms with Crippen molar-refractivity contribution in [1.82, 2.24) is 10.6 Å². The number of aliphatic imine (C=N–C) groups is 1. The Bertz CT molecular complexity index is 707. The molecule has 27 heavy (non-hydrogen) atoms. The van der Waals surface area contributed by atoms with E-state index in [2.05, 4.69) is 21.7 Å². The third kappa shape index (κ3) is 6.94. The summed E-state index contributed by atoms with van der Waals surface area (Å²) in [6.07, 6.45) is 3.42. The third-order valence-corrected chi connectivity index (χ3v) is 3.95. The van der Waals surface area contributed by atoms with Crippen molar-refractivity contribution in [2.24, 2.45) is 4.99 Å². The molecule has 0 saturated carbocycles. The van der Waals surface area contributed by atoms with Crippen LogP contribution in [0, 0.1) is 0 Å². The molecule has 2 aromatic rings. The summed E-state index contributed by atoms with van der Waals surface area (Å²) < 4.78 is 21.5. The summed E-state index contributed by atoms with van der Waals surface area (Å²) in [5.41, 5.74) is 1.20. The zero-order valence-corrected chi connectivity index (χ0v) is 17.7. The van der Waals surface area contributed by atoms with Crippen LogP contribution in [0.3, 0.4) is 0 Å². The molecule has 1 aromatic carbocycles. The highest BCUT2D eigenvalue weighted by atomic mass is 127. The van der Waals surface area contributed by atoms with Crippen molar-refractivity contribution < 1.29 is 18.6 Å². The van der Waals surface area contributed by atoms with E-state index in [4.69, 9.17) is 18.6 Å². The minimum atomic E-state index is 0. The van der Waals surface area contributed by atoms with E-state index in [-0.39, 0.29) is 24.0 Å². The van der Waals surface area contributed by atoms with Gasteiger partial charge in [0, 0.05) is 26.7 Å². The summed E-state index contributed by atoms with van der Waals surface area (Å²) in [5, 5.41) is 6.59. The van der Waals surface area contributed by atoms with Crippen LogP contribution in [0.1, 0.15) is 17.7 Å². The molecule has 0 amide bonds. The van der Waals surface area contributed by atoms with E-state index >= 15 is 0 Å². The van der Waals surface area contributed by atoms with Crippen molar-refractivity contribution in [2.75, 3.05) is 33.5 Å². The smallest absolute Gasteiger partial charge is 0.231 e. The Balaban J connectivity index is 0.00000261. The summed E-state index contributed by atoms with van der Waals surface area (Å²) in [6.45, 7) is 3.06. The average Bonchev–Trinajstić information content (AvgIpc) is 3.34. The number of nitrogens with one attached hydrogen (secondary N) is 2. The first-order chi connectivity index (χ1) is 12.8. The van der Waals surface area contributed by atoms with Crippen molar-refractivity contribution in [3.8, 4) is 11.5 Å². The zero-order valence-electron chi connectivity index (χ0n) is 15.4. The molecule has 1 aliphatic heterocycles. The molecule has 2 heterocycles. The van der Waals surface area contributed by atoms with Crippen LogP contribution in [0.25, 0.3) is 0 Å². The summed E-state index contributed by atoms with van der Waals surface area (Å²) in [5.74, 6) is 3.27. The van der Waals surface area contributed by atoms with Crippen molar-refractivity contribution >= 4 is 29.9 Å². The summed E-state index contributed by atoms with van der Waals surface area (Å²) in [7, 11) is 1.77. The predicted molar refractivity (Wildman–Crippen MR) is 114 cm³/mol. The van der Waals surface area contributed by atoms with Crippen LogP contribution in [0.4, 0.5) is 0 Å². The molecule has 0 spiro atoms. The highest BCUT2D eigenvalue weighted by molar-refractivity contribution is 14.0. The maximum absolute atomic E-state index is 5.55. The average molecular weight is 487 g/mol. The molecule has 0 aliphatic carbocycles. The molecule has 7 nitrogen and oxygen atoms in total. The van der Waals surface area contributed by atoms with Crippen LogP contribution in [0.15, 0.2) is 46.0 Å². The van der Waals surface area contributed by atoms with E-state index < -0.39 is 0 Å². The molecule has 1 aromatic heterocycles. The lowest BCUT2D eigenvalue weighted by molar-refractivity contribution is 0.105. The van der Waals surface area contributed by atoms with E-state index in [1.54, 1.807) is 13.3 Å². The maximum Gasteiger partial charge on any atom is 0.231 e. The number of furan rings is 1. The first kappa shape index (κ1) is 21.4. The molecule has 148 valence electrons. The Morgan fingerprint density at radius 1 is 1.15 bits per heavy atom. The van der Waals surface area contributed by atoms with Gasteiger partial charge in [-0.3, -0.25) is 4.99 Å². The fraction of sp³-hybridized carbons (Fsp3) is 0.421. The standard InChI is InChI=1S/C19H25N3O4.HI/c1-20-19(21-8-3-10-23-13-16-4-2-11-24-16)22-9-7-15-5-6-17-18(12-15)26-14-25-17;/h2,4-6,11-12H,3,7-10,13-14H2,1H3,(H2,20,21,22);1H. The van der Waals surface area contributed by atoms with Crippen LogP contribution >= 0.6 is 24.0 Å². The van der Waals surface area contributed by atoms with Crippen LogP contribution in [0.5, 0.6) is 11.5 Å². The fourth-order valence-corrected chi connectivity index (χ4v) is 2.59. The van der Waals surface area contributed by atoms with Crippen LogP contribution in [0.2, 0.25) is 0 Å². The number of fused-ring (bicyclic) bond motifs is 1. The summed E-state index contributed by atoms with van der Waals surface area (Å²) >= 11 is 0. The SMILES string of the molecule is CN=C(NCCCOCc1ccco1)NCCc1ccc2c(c1)OCO2.I. The molecular formula is C19H26IN3O4. The van der Waals surface area contributed by atoms with Gasteiger partial charge in [0.1, 0.15) is 12.4 Å². The highest BCUT2D eigenvalue weighted by Crippen LogP contribution is 2.32. The van der Waals surface area contributed by atoms with Gasteiger partial charge in [-0.25, -0.2) is 0 Å². The number of hydrogen-bond donors (Lipinski definition) is 2. The predicted octanol–water partition coefficient (Wildman–Crippen LogP) is 2.94. The number of benzene rings is 1. The normalized spacial score (nSPS) is 12.6. The molecule has 0 bridgehead atoms. The highest BCUT2D eigenvalue weighted by Gasteiger charge is 2.12. The molecule has 2 N–H and O–H groups in total. The van der Waals surface area contributed by atoms with Gasteiger partial charge in [0.15, 0.2) is 17.5 Å². The van der Waals surface area contributed by atoms with Crippen molar-refractivity contribution in [1.29, 1.82) is 0 Å². The molecule has 0 unspecified atom stereocenters. The summed E-state index contributed by atoms with van der Waals surface area (Å²) in [4.78, 5) is 4.23. The van der Waals surface area contributed by atoms with Crippen molar-refractivity contribution in [2.45, 2.75) is 19.4 Å². The first-order valence-electron chi connectivity index (χ1n) is 8.78. The number of hydrogen-bond acceptors (Lipinski definition) is 5. The monoisotopic (exact) mass is 487 g/mol. The molecule has 0 saturated heterocycles. The van der Waals surface area contributed by atoms with E-state index in [0.717, 1.165) is 49.1 Å². The molecule has 8 heteroatoms. The van der Waals surface area contributed by atoms with Gasteiger partial charge in [-0.1, -0.05) is 6.07 Å². The van der Waals surface area contributed by atoms with Gasteiger partial charge in [-0.2, -0.15) is 0 Å². The minimum absolute atomic E-state index is 0. The van der Waals surface area contributed by atoms with Gasteiger partial charge >= 0.3 is 0 Å². The lowest BCUT2D eigenvalue weighted by atomic mass is 10.1. The number of rotatable bonds is 9. The van der Waals surface area contributed by atoms with Crippen LogP contribution in [-0.2, 0) is 17.8 Å². The molecule has 3 rings (SSSR count). The number of nitrogens with zero attached hydrogens (tertiary/aromatic N) is 1. The largest absolute Gasteiger partial charge is 0.467 e. The van der Waals surface area contributed by atoms with E-state index in [9.17, 15) is 0 Å². The Hall–Kier alpha value is -1.94. The molecule has 0 atom stereocenters. The first-order valence-corrected chi connectivity index (χ1v) is 8.78. The quantitative estimate of drug-likeness (QED) is 0.245. The van der Waals surface area contributed by atoms with Gasteiger partial charge in [-0.05, 0) is 42.7 Å². The molecule has 0 radical (unpaired) electrons. The molecule has 0 fully saturated rings. The van der Waals surface area contributed by atoms with Crippen LogP contribution < -0.4 is 20.1 Å². The number of guanidine groups is 1. The van der Waals surface area contributed by atoms with Gasteiger partial charge in [0.2, 0.25) is 6.79 Å². The van der Waals surface area contributed by atoms with E-state index in [0.29, 0.717) is 20.0 Å². The second-order valence-electron chi connectivity index (χ2n) is 5.85. The lowest BCUT2D eigenvalue weighted by Crippen LogP contribution is -2.39. The van der Waals surface area contributed by atoms with E-state index in [1.165, 1.54) is 5.56 Å². The second kappa shape index (κ2) is 11.7. The van der Waals surface area contributed by atoms with Gasteiger partial charge in [0.25, 0.3) is 0 Å². The zero-order chi connectivity index (χ0) is 18.0. The Morgan fingerprint density at radius 3 is 2.81 bits per heavy atom. The van der Waals surface area contributed by atoms with Crippen LogP contribution in [-0.4, -0.2) is 39.5 Å². The third-order valence-electron chi connectivity index (χ3n) is 3.95. The number of halogens is 1. The fourth-order valence-electron chi connectivity index (χ4n) is 2.59.